The molecule has 0 aliphatic carbocycles. The standard InChI is InChI=1S/C43H51FN8O3/c1-4-39-37(40(48-34-14-20-55-21-15-34)36-26-47-52(5-2)41(36)49-39)28-50(3)43(54)33-11-7-10-32(24-33)42(53)46-25-29-12-13-38(44)35(23-29)31-9-6-8-30(22-31)27-51-18-16-45-17-19-51/h6-13,22-24,26,34,45H,4-5,14-21,25,27-28H2,1-3H3,(H,46,53)(H,48,49). The van der Waals surface area contributed by atoms with Gasteiger partial charge in [-0.05, 0) is 79.3 Å². The lowest BCUT2D eigenvalue weighted by Crippen LogP contribution is -2.42. The Hall–Kier alpha value is -5.17. The fourth-order valence-electron chi connectivity index (χ4n) is 7.56. The number of hydrogen-bond acceptors (Lipinski definition) is 8. The van der Waals surface area contributed by atoms with Gasteiger partial charge in [-0.3, -0.25) is 14.5 Å². The molecule has 0 unspecified atom stereocenters. The summed E-state index contributed by atoms with van der Waals surface area (Å²) in [6.07, 6.45) is 4.34. The maximum Gasteiger partial charge on any atom is 0.253 e. The molecule has 0 atom stereocenters. The van der Waals surface area contributed by atoms with E-state index in [9.17, 15) is 9.59 Å². The second-order valence-electron chi connectivity index (χ2n) is 14.5. The van der Waals surface area contributed by atoms with Crippen molar-refractivity contribution in [1.29, 1.82) is 0 Å². The molecule has 2 amide bonds. The molecule has 2 saturated heterocycles. The van der Waals surface area contributed by atoms with Crippen molar-refractivity contribution in [3.63, 3.8) is 0 Å². The van der Waals surface area contributed by atoms with Crippen LogP contribution in [0, 0.1) is 5.82 Å². The highest BCUT2D eigenvalue weighted by molar-refractivity contribution is 6.00. The maximum absolute atomic E-state index is 15.1. The molecule has 2 aromatic heterocycles. The van der Waals surface area contributed by atoms with Crippen LogP contribution in [0.3, 0.4) is 0 Å². The first-order chi connectivity index (χ1) is 26.8. The number of benzene rings is 3. The highest BCUT2D eigenvalue weighted by Gasteiger charge is 2.24. The lowest BCUT2D eigenvalue weighted by molar-refractivity contribution is 0.0785. The Morgan fingerprint density at radius 3 is 2.55 bits per heavy atom. The van der Waals surface area contributed by atoms with E-state index in [1.54, 1.807) is 48.3 Å². The van der Waals surface area contributed by atoms with Gasteiger partial charge in [0.15, 0.2) is 5.65 Å². The lowest BCUT2D eigenvalue weighted by Gasteiger charge is -2.28. The second kappa shape index (κ2) is 17.5. The van der Waals surface area contributed by atoms with Crippen LogP contribution in [0.2, 0.25) is 0 Å². The van der Waals surface area contributed by atoms with E-state index in [2.05, 4.69) is 45.9 Å². The number of nitrogens with one attached hydrogen (secondary N) is 3. The molecule has 0 radical (unpaired) electrons. The fraction of sp³-hybridized carbons (Fsp3) is 0.395. The van der Waals surface area contributed by atoms with Gasteiger partial charge in [0.2, 0.25) is 0 Å². The Bertz CT molecular complexity index is 2140. The SMILES string of the molecule is CCc1nc2c(cnn2CC)c(NC2CCOCC2)c1CN(C)C(=O)c1cccc(C(=O)NCc2ccc(F)c(-c3cccc(CN4CCNCC4)c3)c2)c1. The summed E-state index contributed by atoms with van der Waals surface area (Å²) in [6, 6.07) is 20.0. The predicted molar refractivity (Wildman–Crippen MR) is 213 cm³/mol. The first-order valence-corrected chi connectivity index (χ1v) is 19.5. The number of halogens is 1. The Morgan fingerprint density at radius 1 is 0.982 bits per heavy atom. The smallest absolute Gasteiger partial charge is 0.253 e. The third-order valence-electron chi connectivity index (χ3n) is 10.6. The summed E-state index contributed by atoms with van der Waals surface area (Å²) in [5, 5.41) is 15.7. The van der Waals surface area contributed by atoms with Crippen LogP contribution < -0.4 is 16.0 Å². The van der Waals surface area contributed by atoms with E-state index in [1.165, 1.54) is 6.07 Å². The van der Waals surface area contributed by atoms with E-state index in [1.807, 2.05) is 29.1 Å². The van der Waals surface area contributed by atoms with Gasteiger partial charge in [0.25, 0.3) is 11.8 Å². The topological polar surface area (TPSA) is 117 Å². The van der Waals surface area contributed by atoms with Crippen molar-refractivity contribution in [2.45, 2.75) is 65.3 Å². The fourth-order valence-corrected chi connectivity index (χ4v) is 7.56. The monoisotopic (exact) mass is 746 g/mol. The zero-order valence-electron chi connectivity index (χ0n) is 32.0. The van der Waals surface area contributed by atoms with Crippen LogP contribution in [-0.2, 0) is 37.3 Å². The van der Waals surface area contributed by atoms with Crippen LogP contribution in [0.15, 0.2) is 72.9 Å². The third kappa shape index (κ3) is 8.88. The Morgan fingerprint density at radius 2 is 1.76 bits per heavy atom. The van der Waals surface area contributed by atoms with Crippen molar-refractivity contribution in [3.05, 3.63) is 112 Å². The molecule has 5 aromatic rings. The highest BCUT2D eigenvalue weighted by atomic mass is 19.1. The van der Waals surface area contributed by atoms with Crippen LogP contribution >= 0.6 is 0 Å². The molecule has 0 bridgehead atoms. The average molecular weight is 747 g/mol. The molecule has 11 nitrogen and oxygen atoms in total. The van der Waals surface area contributed by atoms with Gasteiger partial charge in [0, 0.05) is 107 Å². The van der Waals surface area contributed by atoms with Crippen molar-refractivity contribution in [1.82, 2.24) is 35.2 Å². The largest absolute Gasteiger partial charge is 0.381 e. The van der Waals surface area contributed by atoms with Gasteiger partial charge in [-0.2, -0.15) is 5.10 Å². The maximum atomic E-state index is 15.1. The molecule has 2 fully saturated rings. The summed E-state index contributed by atoms with van der Waals surface area (Å²) in [7, 11) is 1.78. The minimum atomic E-state index is -0.319. The van der Waals surface area contributed by atoms with Crippen molar-refractivity contribution < 1.29 is 18.7 Å². The Balaban J connectivity index is 1.04. The zero-order valence-corrected chi connectivity index (χ0v) is 32.0. The molecule has 2 aliphatic heterocycles. The van der Waals surface area contributed by atoms with Gasteiger partial charge in [-0.1, -0.05) is 37.3 Å². The molecule has 3 N–H and O–H groups in total. The first-order valence-electron chi connectivity index (χ1n) is 19.5. The number of fused-ring (bicyclic) bond motifs is 1. The number of hydrogen-bond donors (Lipinski definition) is 3. The molecular weight excluding hydrogens is 696 g/mol. The van der Waals surface area contributed by atoms with Crippen LogP contribution in [0.25, 0.3) is 22.2 Å². The lowest BCUT2D eigenvalue weighted by atomic mass is 10.00. The average Bonchev–Trinajstić information content (AvgIpc) is 3.64. The molecule has 4 heterocycles. The third-order valence-corrected chi connectivity index (χ3v) is 10.6. The van der Waals surface area contributed by atoms with E-state index >= 15 is 4.39 Å². The summed E-state index contributed by atoms with van der Waals surface area (Å²) in [6.45, 7) is 11.5. The first kappa shape index (κ1) is 38.1. The molecule has 0 spiro atoms. The minimum Gasteiger partial charge on any atom is -0.381 e. The van der Waals surface area contributed by atoms with Gasteiger partial charge >= 0.3 is 0 Å². The molecule has 12 heteroatoms. The number of amides is 2. The van der Waals surface area contributed by atoms with Crippen LogP contribution in [0.1, 0.15) is 69.8 Å². The molecule has 55 heavy (non-hydrogen) atoms. The summed E-state index contributed by atoms with van der Waals surface area (Å²) in [4.78, 5) is 36.5. The van der Waals surface area contributed by atoms with Crippen molar-refractivity contribution in [2.75, 3.05) is 51.8 Å². The van der Waals surface area contributed by atoms with Crippen LogP contribution in [0.5, 0.6) is 0 Å². The van der Waals surface area contributed by atoms with Gasteiger partial charge in [0.1, 0.15) is 5.82 Å². The molecule has 7 rings (SSSR count). The van der Waals surface area contributed by atoms with Crippen molar-refractivity contribution >= 4 is 28.5 Å². The molecule has 3 aromatic carbocycles. The van der Waals surface area contributed by atoms with Crippen molar-refractivity contribution in [3.8, 4) is 11.1 Å². The van der Waals surface area contributed by atoms with E-state index in [0.717, 1.165) is 90.2 Å². The Kier molecular flexibility index (Phi) is 12.1. The summed E-state index contributed by atoms with van der Waals surface area (Å²) < 4.78 is 22.6. The van der Waals surface area contributed by atoms with Gasteiger partial charge in [-0.25, -0.2) is 14.1 Å². The van der Waals surface area contributed by atoms with Crippen LogP contribution in [-0.4, -0.2) is 88.9 Å². The number of anilines is 1. The van der Waals surface area contributed by atoms with Gasteiger partial charge in [-0.15, -0.1) is 0 Å². The predicted octanol–water partition coefficient (Wildman–Crippen LogP) is 6.02. The molecule has 2 aliphatic rings. The van der Waals surface area contributed by atoms with E-state index < -0.39 is 0 Å². The Labute approximate surface area is 322 Å². The number of aryl methyl sites for hydroxylation is 2. The quantitative estimate of drug-likeness (QED) is 0.134. The van der Waals surface area contributed by atoms with E-state index in [4.69, 9.17) is 9.72 Å². The number of aromatic nitrogens is 3. The number of piperazine rings is 1. The number of pyridine rings is 1. The number of carbonyl (C=O) groups is 2. The minimum absolute atomic E-state index is 0.206. The molecular formula is C43H51FN8O3. The normalized spacial score (nSPS) is 15.3. The highest BCUT2D eigenvalue weighted by Crippen LogP contribution is 2.32. The second-order valence-corrected chi connectivity index (χ2v) is 14.5. The molecule has 288 valence electrons. The number of ether oxygens (including phenoxy) is 1. The summed E-state index contributed by atoms with van der Waals surface area (Å²) in [5.41, 5.74) is 7.66. The summed E-state index contributed by atoms with van der Waals surface area (Å²) in [5.74, 6) is -0.838. The van der Waals surface area contributed by atoms with Gasteiger partial charge in [0.05, 0.1) is 17.3 Å². The number of carbonyl (C=O) groups excluding carboxylic acids is 2. The van der Waals surface area contributed by atoms with Gasteiger partial charge < -0.3 is 25.6 Å². The molecule has 0 saturated carbocycles. The number of rotatable bonds is 13. The van der Waals surface area contributed by atoms with Crippen molar-refractivity contribution in [2.24, 2.45) is 0 Å². The van der Waals surface area contributed by atoms with Crippen LogP contribution in [0.4, 0.5) is 10.1 Å². The van der Waals surface area contributed by atoms with E-state index in [-0.39, 0.29) is 30.2 Å². The number of nitrogens with zero attached hydrogens (tertiary/aromatic N) is 5. The summed E-state index contributed by atoms with van der Waals surface area (Å²) >= 11 is 0. The zero-order chi connectivity index (χ0) is 38.3. The van der Waals surface area contributed by atoms with E-state index in [0.29, 0.717) is 49.4 Å².